The van der Waals surface area contributed by atoms with E-state index in [9.17, 15) is 4.79 Å². The first-order valence-electron chi connectivity index (χ1n) is 4.05. The molecule has 0 saturated carbocycles. The fourth-order valence-electron chi connectivity index (χ4n) is 1.29. The van der Waals surface area contributed by atoms with Crippen molar-refractivity contribution < 1.29 is 4.79 Å². The van der Waals surface area contributed by atoms with E-state index in [0.717, 1.165) is 5.82 Å². The monoisotopic (exact) mass is 191 g/mol. The van der Waals surface area contributed by atoms with E-state index in [4.69, 9.17) is 5.84 Å². The molecule has 0 bridgehead atoms. The lowest BCUT2D eigenvalue weighted by molar-refractivity contribution is 0.0955. The minimum Gasteiger partial charge on any atom is -0.290 e. The van der Waals surface area contributed by atoms with Gasteiger partial charge in [0.05, 0.1) is 5.56 Å². The van der Waals surface area contributed by atoms with E-state index < -0.39 is 0 Å². The predicted molar refractivity (Wildman–Crippen MR) is 49.4 cm³/mol. The molecule has 0 radical (unpaired) electrons. The summed E-state index contributed by atoms with van der Waals surface area (Å²) >= 11 is 0. The Morgan fingerprint density at radius 1 is 1.57 bits per heavy atom. The molecule has 2 aromatic rings. The number of aromatic nitrogens is 3. The second-order valence-electron chi connectivity index (χ2n) is 2.84. The number of hydrogen-bond donors (Lipinski definition) is 2. The van der Waals surface area contributed by atoms with Crippen molar-refractivity contribution in [2.75, 3.05) is 0 Å². The van der Waals surface area contributed by atoms with Crippen LogP contribution in [-0.4, -0.2) is 20.5 Å². The Bertz CT molecular complexity index is 489. The predicted octanol–water partition coefficient (Wildman–Crippen LogP) is -0.359. The number of rotatable bonds is 1. The van der Waals surface area contributed by atoms with Gasteiger partial charge in [-0.3, -0.25) is 14.6 Å². The second kappa shape index (κ2) is 3.08. The lowest BCUT2D eigenvalue weighted by atomic mass is 10.2. The van der Waals surface area contributed by atoms with Gasteiger partial charge in [0.1, 0.15) is 5.82 Å². The van der Waals surface area contributed by atoms with Crippen LogP contribution in [0.5, 0.6) is 0 Å². The number of nitrogens with two attached hydrogens (primary N) is 1. The van der Waals surface area contributed by atoms with Crippen molar-refractivity contribution in [3.05, 3.63) is 29.7 Å². The zero-order valence-corrected chi connectivity index (χ0v) is 7.56. The Morgan fingerprint density at radius 3 is 3.07 bits per heavy atom. The third-order valence-electron chi connectivity index (χ3n) is 1.98. The van der Waals surface area contributed by atoms with Crippen LogP contribution in [0.15, 0.2) is 18.3 Å². The Morgan fingerprint density at radius 2 is 2.36 bits per heavy atom. The number of hydrazine groups is 1. The molecular formula is C8H9N5O. The lowest BCUT2D eigenvalue weighted by Crippen LogP contribution is -2.30. The number of carbonyl (C=O) groups is 1. The standard InChI is InChI=1S/C8H9N5O/c1-5-11-12-7-6(8(14)10-9)3-2-4-13(5)7/h2-4H,9H2,1H3,(H,10,14). The summed E-state index contributed by atoms with van der Waals surface area (Å²) in [4.78, 5) is 11.3. The smallest absolute Gasteiger partial charge is 0.269 e. The maximum absolute atomic E-state index is 11.3. The van der Waals surface area contributed by atoms with Gasteiger partial charge in [0, 0.05) is 6.20 Å². The topological polar surface area (TPSA) is 85.3 Å². The molecule has 14 heavy (non-hydrogen) atoms. The minimum absolute atomic E-state index is 0.372. The molecule has 6 nitrogen and oxygen atoms in total. The van der Waals surface area contributed by atoms with Crippen LogP contribution >= 0.6 is 0 Å². The first-order chi connectivity index (χ1) is 6.74. The molecule has 0 saturated heterocycles. The second-order valence-corrected chi connectivity index (χ2v) is 2.84. The summed E-state index contributed by atoms with van der Waals surface area (Å²) in [5.41, 5.74) is 2.98. The summed E-state index contributed by atoms with van der Waals surface area (Å²) < 4.78 is 1.73. The molecule has 2 rings (SSSR count). The van der Waals surface area contributed by atoms with Crippen molar-refractivity contribution in [3.8, 4) is 0 Å². The van der Waals surface area contributed by atoms with Gasteiger partial charge in [-0.05, 0) is 19.1 Å². The highest BCUT2D eigenvalue weighted by Gasteiger charge is 2.11. The van der Waals surface area contributed by atoms with E-state index in [0.29, 0.717) is 11.2 Å². The zero-order chi connectivity index (χ0) is 10.1. The van der Waals surface area contributed by atoms with E-state index in [1.165, 1.54) is 0 Å². The summed E-state index contributed by atoms with van der Waals surface area (Å²) in [6, 6.07) is 3.39. The van der Waals surface area contributed by atoms with Crippen molar-refractivity contribution in [1.82, 2.24) is 20.0 Å². The number of hydrogen-bond acceptors (Lipinski definition) is 4. The first-order valence-corrected chi connectivity index (χ1v) is 4.05. The molecule has 3 N–H and O–H groups in total. The van der Waals surface area contributed by atoms with Crippen molar-refractivity contribution in [1.29, 1.82) is 0 Å². The Kier molecular flexibility index (Phi) is 1.90. The number of aryl methyl sites for hydroxylation is 1. The molecule has 0 aliphatic carbocycles. The van der Waals surface area contributed by atoms with Gasteiger partial charge in [-0.2, -0.15) is 0 Å². The largest absolute Gasteiger partial charge is 0.290 e. The lowest BCUT2D eigenvalue weighted by Gasteiger charge is -2.00. The van der Waals surface area contributed by atoms with Crippen LogP contribution < -0.4 is 11.3 Å². The van der Waals surface area contributed by atoms with Crippen LogP contribution in [0.25, 0.3) is 5.65 Å². The molecule has 1 amide bonds. The van der Waals surface area contributed by atoms with Crippen molar-refractivity contribution >= 4 is 11.6 Å². The summed E-state index contributed by atoms with van der Waals surface area (Å²) in [5, 5.41) is 7.75. The van der Waals surface area contributed by atoms with Gasteiger partial charge in [0.15, 0.2) is 5.65 Å². The number of pyridine rings is 1. The van der Waals surface area contributed by atoms with Crippen molar-refractivity contribution in [2.45, 2.75) is 6.92 Å². The molecule has 0 aliphatic heterocycles. The van der Waals surface area contributed by atoms with E-state index in [2.05, 4.69) is 15.6 Å². The van der Waals surface area contributed by atoms with Crippen LogP contribution in [0, 0.1) is 6.92 Å². The highest BCUT2D eigenvalue weighted by molar-refractivity contribution is 5.99. The molecule has 2 aromatic heterocycles. The summed E-state index contributed by atoms with van der Waals surface area (Å²) in [5.74, 6) is 5.40. The number of amides is 1. The van der Waals surface area contributed by atoms with E-state index in [1.54, 1.807) is 22.7 Å². The van der Waals surface area contributed by atoms with Crippen LogP contribution in [-0.2, 0) is 0 Å². The SMILES string of the molecule is Cc1nnc2c(C(=O)NN)cccn12. The maximum Gasteiger partial charge on any atom is 0.269 e. The quantitative estimate of drug-likeness (QED) is 0.366. The third kappa shape index (κ3) is 1.12. The van der Waals surface area contributed by atoms with E-state index in [-0.39, 0.29) is 5.91 Å². The average Bonchev–Trinajstić information content (AvgIpc) is 2.59. The molecule has 2 heterocycles. The van der Waals surface area contributed by atoms with Crippen LogP contribution in [0.4, 0.5) is 0 Å². The Balaban J connectivity index is 2.71. The molecule has 0 spiro atoms. The Hall–Kier alpha value is -1.95. The number of carbonyl (C=O) groups excluding carboxylic acids is 1. The Labute approximate surface area is 79.7 Å². The molecule has 72 valence electrons. The van der Waals surface area contributed by atoms with Gasteiger partial charge >= 0.3 is 0 Å². The fraction of sp³-hybridized carbons (Fsp3) is 0.125. The van der Waals surface area contributed by atoms with Crippen LogP contribution in [0.2, 0.25) is 0 Å². The average molecular weight is 191 g/mol. The zero-order valence-electron chi connectivity index (χ0n) is 7.56. The maximum atomic E-state index is 11.3. The van der Waals surface area contributed by atoms with E-state index >= 15 is 0 Å². The van der Waals surface area contributed by atoms with Gasteiger partial charge in [-0.15, -0.1) is 10.2 Å². The first kappa shape index (κ1) is 8.64. The normalized spacial score (nSPS) is 10.4. The minimum atomic E-state index is -0.372. The van der Waals surface area contributed by atoms with Crippen LogP contribution in [0.1, 0.15) is 16.2 Å². The highest BCUT2D eigenvalue weighted by atomic mass is 16.2. The van der Waals surface area contributed by atoms with Crippen LogP contribution in [0.3, 0.4) is 0 Å². The highest BCUT2D eigenvalue weighted by Crippen LogP contribution is 2.08. The van der Waals surface area contributed by atoms with Gasteiger partial charge in [-0.1, -0.05) is 0 Å². The van der Waals surface area contributed by atoms with Gasteiger partial charge < -0.3 is 0 Å². The molecule has 6 heteroatoms. The molecule has 0 aliphatic rings. The van der Waals surface area contributed by atoms with E-state index in [1.807, 2.05) is 6.92 Å². The molecule has 0 aromatic carbocycles. The number of nitrogens with zero attached hydrogens (tertiary/aromatic N) is 3. The molecule has 0 atom stereocenters. The summed E-state index contributed by atoms with van der Waals surface area (Å²) in [6.45, 7) is 1.81. The number of nitrogens with one attached hydrogen (secondary N) is 1. The van der Waals surface area contributed by atoms with Crippen molar-refractivity contribution in [3.63, 3.8) is 0 Å². The molecular weight excluding hydrogens is 182 g/mol. The van der Waals surface area contributed by atoms with Gasteiger partial charge in [0.25, 0.3) is 5.91 Å². The molecule has 0 unspecified atom stereocenters. The van der Waals surface area contributed by atoms with Gasteiger partial charge in [0.2, 0.25) is 0 Å². The van der Waals surface area contributed by atoms with Crippen molar-refractivity contribution in [2.24, 2.45) is 5.84 Å². The summed E-state index contributed by atoms with van der Waals surface area (Å²) in [6.07, 6.45) is 1.79. The molecule has 0 fully saturated rings. The van der Waals surface area contributed by atoms with Gasteiger partial charge in [-0.25, -0.2) is 5.84 Å². The fourth-order valence-corrected chi connectivity index (χ4v) is 1.29. The number of fused-ring (bicyclic) bond motifs is 1. The number of nitrogen functional groups attached to an aromatic ring is 1. The third-order valence-corrected chi connectivity index (χ3v) is 1.98. The summed E-state index contributed by atoms with van der Waals surface area (Å²) in [7, 11) is 0.